The number of aliphatic hydroxyl groups excluding tert-OH is 1. The van der Waals surface area contributed by atoms with Crippen LogP contribution >= 0.6 is 23.2 Å². The lowest BCUT2D eigenvalue weighted by atomic mass is 9.96. The first-order valence-electron chi connectivity index (χ1n) is 8.01. The third-order valence-electron chi connectivity index (χ3n) is 4.59. The van der Waals surface area contributed by atoms with Gasteiger partial charge >= 0.3 is 0 Å². The Kier molecular flexibility index (Phi) is 4.69. The van der Waals surface area contributed by atoms with Gasteiger partial charge in [-0.15, -0.1) is 0 Å². The number of fused-ring (bicyclic) bond motifs is 3. The van der Waals surface area contributed by atoms with Crippen molar-refractivity contribution in [2.75, 3.05) is 18.4 Å². The molecule has 3 N–H and O–H groups in total. The maximum Gasteiger partial charge on any atom is 0.227 e. The zero-order valence-corrected chi connectivity index (χ0v) is 15.4. The van der Waals surface area contributed by atoms with Gasteiger partial charge in [-0.3, -0.25) is 4.79 Å². The quantitative estimate of drug-likeness (QED) is 0.778. The van der Waals surface area contributed by atoms with E-state index in [-0.39, 0.29) is 11.8 Å². The molecule has 0 bridgehead atoms. The number of nitrogens with zero attached hydrogens (tertiary/aromatic N) is 1. The molecule has 0 saturated carbocycles. The van der Waals surface area contributed by atoms with Crippen LogP contribution in [0.15, 0.2) is 6.07 Å². The monoisotopic (exact) mass is 369 g/mol. The summed E-state index contributed by atoms with van der Waals surface area (Å²) in [6.45, 7) is 4.60. The summed E-state index contributed by atoms with van der Waals surface area (Å²) in [4.78, 5) is 12.3. The Labute approximate surface area is 150 Å². The molecule has 130 valence electrons. The van der Waals surface area contributed by atoms with Gasteiger partial charge in [-0.2, -0.15) is 0 Å². The fourth-order valence-electron chi connectivity index (χ4n) is 3.41. The highest BCUT2D eigenvalue weighted by molar-refractivity contribution is 6.45. The highest BCUT2D eigenvalue weighted by Gasteiger charge is 2.30. The van der Waals surface area contributed by atoms with Gasteiger partial charge in [0.25, 0.3) is 0 Å². The van der Waals surface area contributed by atoms with Crippen LogP contribution in [0.1, 0.15) is 31.0 Å². The lowest BCUT2D eigenvalue weighted by Crippen LogP contribution is -2.27. The molecule has 0 aliphatic carbocycles. The van der Waals surface area contributed by atoms with Crippen molar-refractivity contribution in [2.45, 2.75) is 32.3 Å². The molecular weight excluding hydrogens is 349 g/mol. The van der Waals surface area contributed by atoms with Gasteiger partial charge < -0.3 is 20.3 Å². The molecule has 5 nitrogen and oxygen atoms in total. The highest BCUT2D eigenvalue weighted by atomic mass is 35.5. The highest BCUT2D eigenvalue weighted by Crippen LogP contribution is 2.43. The number of nitrogens with one attached hydrogen (secondary N) is 2. The molecule has 2 heterocycles. The average molecular weight is 370 g/mol. The van der Waals surface area contributed by atoms with E-state index in [1.54, 1.807) is 13.0 Å². The molecule has 7 heteroatoms. The van der Waals surface area contributed by atoms with Gasteiger partial charge in [-0.05, 0) is 25.5 Å². The number of halogens is 2. The normalized spacial score (nSPS) is 18.9. The fraction of sp³-hybridized carbons (Fsp3) is 0.471. The van der Waals surface area contributed by atoms with Crippen LogP contribution < -0.4 is 10.6 Å². The Morgan fingerprint density at radius 1 is 1.50 bits per heavy atom. The summed E-state index contributed by atoms with van der Waals surface area (Å²) in [6, 6.07) is 1.77. The number of aliphatic hydroxyl groups is 1. The van der Waals surface area contributed by atoms with Gasteiger partial charge in [0.05, 0.1) is 27.6 Å². The van der Waals surface area contributed by atoms with Crippen LogP contribution in [0.3, 0.4) is 0 Å². The second-order valence-electron chi connectivity index (χ2n) is 6.36. The molecule has 2 aromatic rings. The Morgan fingerprint density at radius 2 is 2.21 bits per heavy atom. The van der Waals surface area contributed by atoms with Crippen LogP contribution in [0.2, 0.25) is 10.0 Å². The summed E-state index contributed by atoms with van der Waals surface area (Å²) in [5.41, 5.74) is 3.68. The summed E-state index contributed by atoms with van der Waals surface area (Å²) in [7, 11) is 1.95. The van der Waals surface area contributed by atoms with Gasteiger partial charge in [0, 0.05) is 43.3 Å². The van der Waals surface area contributed by atoms with E-state index in [4.69, 9.17) is 23.2 Å². The van der Waals surface area contributed by atoms with Gasteiger partial charge in [0.2, 0.25) is 5.91 Å². The fourth-order valence-corrected chi connectivity index (χ4v) is 3.89. The number of anilines is 1. The average Bonchev–Trinajstić information content (AvgIpc) is 2.73. The topological polar surface area (TPSA) is 66.3 Å². The van der Waals surface area contributed by atoms with Crippen molar-refractivity contribution in [3.63, 3.8) is 0 Å². The first kappa shape index (κ1) is 17.4. The van der Waals surface area contributed by atoms with E-state index in [1.807, 2.05) is 18.5 Å². The van der Waals surface area contributed by atoms with E-state index in [1.165, 1.54) is 0 Å². The molecule has 2 atom stereocenters. The largest absolute Gasteiger partial charge is 0.392 e. The standard InChI is InChI=1S/C17H21Cl2N3O2/c1-8(23)7-21-11-6-10(18)15(19)16-14(11)13-9(2)17(24)20-5-4-12(13)22(16)3/h6,8-9,21,23H,4-5,7H2,1-3H3,(H,20,24)/t8-,9+/m0/s1. The second-order valence-corrected chi connectivity index (χ2v) is 7.14. The molecule has 1 aliphatic heterocycles. The number of carbonyl (C=O) groups excluding carboxylic acids is 1. The van der Waals surface area contributed by atoms with Gasteiger partial charge in [-0.1, -0.05) is 23.2 Å². The Morgan fingerprint density at radius 3 is 2.88 bits per heavy atom. The Hall–Kier alpha value is -1.43. The first-order chi connectivity index (χ1) is 11.3. The number of hydrogen-bond acceptors (Lipinski definition) is 3. The van der Waals surface area contributed by atoms with Crippen LogP contribution in [0.25, 0.3) is 10.9 Å². The van der Waals surface area contributed by atoms with Crippen molar-refractivity contribution in [2.24, 2.45) is 7.05 Å². The maximum absolute atomic E-state index is 12.3. The predicted octanol–water partition coefficient (Wildman–Crippen LogP) is 3.05. The first-order valence-corrected chi connectivity index (χ1v) is 8.77. The summed E-state index contributed by atoms with van der Waals surface area (Å²) in [5.74, 6) is -0.274. The van der Waals surface area contributed by atoms with Crippen molar-refractivity contribution >= 4 is 45.7 Å². The van der Waals surface area contributed by atoms with E-state index >= 15 is 0 Å². The number of rotatable bonds is 3. The third-order valence-corrected chi connectivity index (χ3v) is 5.37. The lowest BCUT2D eigenvalue weighted by molar-refractivity contribution is -0.121. The molecular formula is C17H21Cl2N3O2. The molecule has 0 saturated heterocycles. The van der Waals surface area contributed by atoms with Crippen molar-refractivity contribution in [3.8, 4) is 0 Å². The summed E-state index contributed by atoms with van der Waals surface area (Å²) < 4.78 is 2.03. The minimum Gasteiger partial charge on any atom is -0.392 e. The molecule has 0 radical (unpaired) electrons. The molecule has 3 rings (SSSR count). The molecule has 1 aliphatic rings. The molecule has 0 unspecified atom stereocenters. The minimum atomic E-state index is -0.502. The molecule has 0 spiro atoms. The number of carbonyl (C=O) groups is 1. The molecule has 0 fully saturated rings. The van der Waals surface area contributed by atoms with E-state index in [0.29, 0.717) is 23.1 Å². The molecule has 1 amide bonds. The van der Waals surface area contributed by atoms with Gasteiger partial charge in [-0.25, -0.2) is 0 Å². The van der Waals surface area contributed by atoms with E-state index in [0.717, 1.165) is 34.3 Å². The summed E-state index contributed by atoms with van der Waals surface area (Å²) in [5, 5.41) is 17.6. The van der Waals surface area contributed by atoms with Crippen LogP contribution in [0, 0.1) is 0 Å². The van der Waals surface area contributed by atoms with E-state index < -0.39 is 6.10 Å². The second kappa shape index (κ2) is 6.47. The van der Waals surface area contributed by atoms with E-state index in [9.17, 15) is 9.90 Å². The SMILES string of the molecule is C[C@H](O)CNc1cc(Cl)c(Cl)c2c1c1c(n2C)CCNC(=O)[C@@H]1C. The number of aromatic nitrogens is 1. The van der Waals surface area contributed by atoms with Crippen molar-refractivity contribution in [3.05, 3.63) is 27.4 Å². The van der Waals surface area contributed by atoms with Gasteiger partial charge in [0.1, 0.15) is 0 Å². The van der Waals surface area contributed by atoms with Crippen molar-refractivity contribution in [1.29, 1.82) is 0 Å². The number of benzene rings is 1. The predicted molar refractivity (Wildman–Crippen MR) is 98.2 cm³/mol. The zero-order chi connectivity index (χ0) is 17.6. The number of amides is 1. The van der Waals surface area contributed by atoms with Crippen LogP contribution in [-0.2, 0) is 18.3 Å². The lowest BCUT2D eigenvalue weighted by Gasteiger charge is -2.15. The molecule has 1 aromatic carbocycles. The summed E-state index contributed by atoms with van der Waals surface area (Å²) >= 11 is 12.8. The minimum absolute atomic E-state index is 0.00815. The maximum atomic E-state index is 12.3. The zero-order valence-electron chi connectivity index (χ0n) is 13.9. The van der Waals surface area contributed by atoms with Crippen LogP contribution in [0.5, 0.6) is 0 Å². The van der Waals surface area contributed by atoms with Crippen LogP contribution in [0.4, 0.5) is 5.69 Å². The third kappa shape index (κ3) is 2.75. The molecule has 1 aromatic heterocycles. The molecule has 24 heavy (non-hydrogen) atoms. The Balaban J connectivity index is 2.33. The van der Waals surface area contributed by atoms with E-state index in [2.05, 4.69) is 10.6 Å². The van der Waals surface area contributed by atoms with Gasteiger partial charge in [0.15, 0.2) is 0 Å². The number of hydrogen-bond donors (Lipinski definition) is 3. The summed E-state index contributed by atoms with van der Waals surface area (Å²) in [6.07, 6.45) is 0.234. The Bertz CT molecular complexity index is 814. The van der Waals surface area contributed by atoms with Crippen LogP contribution in [-0.4, -0.2) is 34.8 Å². The smallest absolute Gasteiger partial charge is 0.227 e. The van der Waals surface area contributed by atoms with Crippen molar-refractivity contribution < 1.29 is 9.90 Å². The number of aryl methyl sites for hydroxylation is 1. The van der Waals surface area contributed by atoms with Crippen molar-refractivity contribution in [1.82, 2.24) is 9.88 Å².